The number of allylic oxidation sites excluding steroid dienone is 4. The van der Waals surface area contributed by atoms with E-state index in [1.165, 1.54) is 11.1 Å². The van der Waals surface area contributed by atoms with Crippen molar-refractivity contribution in [2.75, 3.05) is 0 Å². The molecule has 0 rings (SSSR count). The van der Waals surface area contributed by atoms with Crippen LogP contribution in [0.4, 0.5) is 0 Å². The fraction of sp³-hybridized carbons (Fsp3) is 0.727. The molecule has 0 heterocycles. The molecule has 0 amide bonds. The van der Waals surface area contributed by atoms with Crippen LogP contribution in [0.15, 0.2) is 23.3 Å². The van der Waals surface area contributed by atoms with Gasteiger partial charge in [0.25, 0.3) is 0 Å². The maximum Gasteiger partial charge on any atom is 0.303 e. The largest absolute Gasteiger partial charge is 0.481 e. The Morgan fingerprint density at radius 1 is 0.577 bits per heavy atom. The van der Waals surface area contributed by atoms with Crippen LogP contribution in [0, 0.1) is 0 Å². The van der Waals surface area contributed by atoms with E-state index in [1.54, 1.807) is 0 Å². The molecule has 4 nitrogen and oxygen atoms in total. The highest BCUT2D eigenvalue weighted by molar-refractivity contribution is 5.66. The van der Waals surface area contributed by atoms with Gasteiger partial charge in [0.05, 0.1) is 0 Å². The lowest BCUT2D eigenvalue weighted by molar-refractivity contribution is -0.138. The second-order valence-electron chi connectivity index (χ2n) is 7.29. The van der Waals surface area contributed by atoms with E-state index in [0.29, 0.717) is 12.8 Å². The Morgan fingerprint density at radius 3 is 1.27 bits per heavy atom. The lowest BCUT2D eigenvalue weighted by atomic mass is 10.0. The summed E-state index contributed by atoms with van der Waals surface area (Å²) in [6, 6.07) is 0. The van der Waals surface area contributed by atoms with Gasteiger partial charge in [-0.05, 0) is 65.2 Å². The Labute approximate surface area is 159 Å². The molecule has 0 saturated carbocycles. The van der Waals surface area contributed by atoms with Gasteiger partial charge >= 0.3 is 11.9 Å². The van der Waals surface area contributed by atoms with Gasteiger partial charge in [0, 0.05) is 12.8 Å². The summed E-state index contributed by atoms with van der Waals surface area (Å²) < 4.78 is 0. The summed E-state index contributed by atoms with van der Waals surface area (Å²) in [6.07, 6.45) is 17.8. The van der Waals surface area contributed by atoms with Gasteiger partial charge in [0.2, 0.25) is 0 Å². The summed E-state index contributed by atoms with van der Waals surface area (Å²) in [5.41, 5.74) is 2.88. The molecular formula is C22H38O4. The summed E-state index contributed by atoms with van der Waals surface area (Å²) in [4.78, 5) is 20.8. The van der Waals surface area contributed by atoms with Gasteiger partial charge < -0.3 is 10.2 Å². The molecule has 0 aliphatic rings. The van der Waals surface area contributed by atoms with Gasteiger partial charge in [-0.25, -0.2) is 0 Å². The topological polar surface area (TPSA) is 74.6 Å². The molecule has 0 spiro atoms. The van der Waals surface area contributed by atoms with Crippen molar-refractivity contribution >= 4 is 11.9 Å². The molecular weight excluding hydrogens is 328 g/mol. The fourth-order valence-corrected chi connectivity index (χ4v) is 2.84. The lowest BCUT2D eigenvalue weighted by Gasteiger charge is -2.04. The Kier molecular flexibility index (Phi) is 15.8. The van der Waals surface area contributed by atoms with Crippen LogP contribution in [-0.2, 0) is 9.59 Å². The van der Waals surface area contributed by atoms with Crippen LogP contribution in [0.5, 0.6) is 0 Å². The van der Waals surface area contributed by atoms with Crippen molar-refractivity contribution in [2.45, 2.75) is 104 Å². The summed E-state index contributed by atoms with van der Waals surface area (Å²) in [5.74, 6) is -1.38. The maximum absolute atomic E-state index is 10.4. The minimum atomic E-state index is -0.692. The molecule has 150 valence electrons. The van der Waals surface area contributed by atoms with Crippen LogP contribution >= 0.6 is 0 Å². The number of hydrogen-bond acceptors (Lipinski definition) is 2. The first-order valence-corrected chi connectivity index (χ1v) is 10.2. The van der Waals surface area contributed by atoms with E-state index in [2.05, 4.69) is 26.0 Å². The smallest absolute Gasteiger partial charge is 0.303 e. The molecule has 0 aromatic carbocycles. The molecule has 2 N–H and O–H groups in total. The molecule has 0 aliphatic heterocycles. The Morgan fingerprint density at radius 2 is 0.923 bits per heavy atom. The second kappa shape index (κ2) is 16.9. The molecule has 0 aromatic heterocycles. The Balaban J connectivity index is 3.62. The van der Waals surface area contributed by atoms with Crippen molar-refractivity contribution in [3.8, 4) is 0 Å². The normalized spacial score (nSPS) is 12.4. The predicted octanol–water partition coefficient (Wildman–Crippen LogP) is 6.51. The number of carboxylic acids is 2. The van der Waals surface area contributed by atoms with Gasteiger partial charge in [0.1, 0.15) is 0 Å². The van der Waals surface area contributed by atoms with Crippen LogP contribution in [0.2, 0.25) is 0 Å². The molecule has 0 bridgehead atoms. The summed E-state index contributed by atoms with van der Waals surface area (Å²) >= 11 is 0. The van der Waals surface area contributed by atoms with Crippen molar-refractivity contribution in [3.63, 3.8) is 0 Å². The minimum Gasteiger partial charge on any atom is -0.481 e. The highest BCUT2D eigenvalue weighted by Gasteiger charge is 1.98. The first kappa shape index (κ1) is 24.4. The van der Waals surface area contributed by atoms with Gasteiger partial charge in [-0.15, -0.1) is 0 Å². The third-order valence-corrected chi connectivity index (χ3v) is 4.59. The van der Waals surface area contributed by atoms with Crippen LogP contribution in [-0.4, -0.2) is 22.2 Å². The number of carbonyl (C=O) groups is 2. The lowest BCUT2D eigenvalue weighted by Crippen LogP contribution is -1.93. The van der Waals surface area contributed by atoms with Crippen molar-refractivity contribution in [1.82, 2.24) is 0 Å². The number of carboxylic acid groups (broad SMARTS) is 2. The average Bonchev–Trinajstić information content (AvgIpc) is 2.57. The van der Waals surface area contributed by atoms with Crippen molar-refractivity contribution in [1.29, 1.82) is 0 Å². The molecule has 0 aliphatic carbocycles. The van der Waals surface area contributed by atoms with Gasteiger partial charge in [-0.2, -0.15) is 0 Å². The SMILES string of the molecule is C/C(=C\CCCCCCC(=O)O)CC/C(C)=C/CCCCCCC(=O)O. The number of hydrogen-bond donors (Lipinski definition) is 2. The van der Waals surface area contributed by atoms with Crippen LogP contribution < -0.4 is 0 Å². The van der Waals surface area contributed by atoms with Crippen LogP contribution in [0.25, 0.3) is 0 Å². The zero-order valence-electron chi connectivity index (χ0n) is 16.8. The molecule has 0 saturated heterocycles. The predicted molar refractivity (Wildman–Crippen MR) is 107 cm³/mol. The standard InChI is InChI=1S/C22H38O4/c1-19(13-9-5-3-7-11-15-21(23)24)17-18-20(2)14-10-6-4-8-12-16-22(25)26/h13-14H,3-12,15-18H2,1-2H3,(H,23,24)(H,25,26)/b19-13+,20-14+. The second-order valence-corrected chi connectivity index (χ2v) is 7.29. The molecule has 0 aromatic rings. The van der Waals surface area contributed by atoms with E-state index in [1.807, 2.05) is 0 Å². The van der Waals surface area contributed by atoms with Crippen molar-refractivity contribution in [2.24, 2.45) is 0 Å². The summed E-state index contributed by atoms with van der Waals surface area (Å²) in [7, 11) is 0. The first-order chi connectivity index (χ1) is 12.4. The Hall–Kier alpha value is -1.58. The average molecular weight is 367 g/mol. The molecule has 0 unspecified atom stereocenters. The van der Waals surface area contributed by atoms with Gasteiger partial charge in [0.15, 0.2) is 0 Å². The molecule has 4 heteroatoms. The van der Waals surface area contributed by atoms with E-state index in [-0.39, 0.29) is 0 Å². The highest BCUT2D eigenvalue weighted by atomic mass is 16.4. The van der Waals surface area contributed by atoms with Crippen LogP contribution in [0.3, 0.4) is 0 Å². The van der Waals surface area contributed by atoms with Crippen molar-refractivity contribution < 1.29 is 19.8 Å². The van der Waals surface area contributed by atoms with Crippen LogP contribution in [0.1, 0.15) is 104 Å². The third-order valence-electron chi connectivity index (χ3n) is 4.59. The molecule has 26 heavy (non-hydrogen) atoms. The zero-order chi connectivity index (χ0) is 19.6. The number of unbranched alkanes of at least 4 members (excludes halogenated alkanes) is 8. The van der Waals surface area contributed by atoms with E-state index < -0.39 is 11.9 Å². The Bertz CT molecular complexity index is 407. The summed E-state index contributed by atoms with van der Waals surface area (Å²) in [6.45, 7) is 4.39. The molecule has 0 fully saturated rings. The monoisotopic (exact) mass is 366 g/mol. The van der Waals surface area contributed by atoms with E-state index in [9.17, 15) is 9.59 Å². The molecule has 0 atom stereocenters. The first-order valence-electron chi connectivity index (χ1n) is 10.2. The van der Waals surface area contributed by atoms with Crippen molar-refractivity contribution in [3.05, 3.63) is 23.3 Å². The fourth-order valence-electron chi connectivity index (χ4n) is 2.84. The quantitative estimate of drug-likeness (QED) is 0.227. The summed E-state index contributed by atoms with van der Waals surface area (Å²) in [5, 5.41) is 17.2. The highest BCUT2D eigenvalue weighted by Crippen LogP contribution is 2.15. The third kappa shape index (κ3) is 18.8. The maximum atomic E-state index is 10.4. The van der Waals surface area contributed by atoms with E-state index >= 15 is 0 Å². The van der Waals surface area contributed by atoms with E-state index in [0.717, 1.165) is 77.0 Å². The van der Waals surface area contributed by atoms with E-state index in [4.69, 9.17) is 10.2 Å². The van der Waals surface area contributed by atoms with Gasteiger partial charge in [-0.3, -0.25) is 9.59 Å². The number of rotatable bonds is 17. The number of aliphatic carboxylic acids is 2. The zero-order valence-corrected chi connectivity index (χ0v) is 16.8. The molecule has 0 radical (unpaired) electrons. The minimum absolute atomic E-state index is 0.294. The van der Waals surface area contributed by atoms with Gasteiger partial charge in [-0.1, -0.05) is 49.0 Å².